The van der Waals surface area contributed by atoms with E-state index < -0.39 is 11.7 Å². The zero-order valence-corrected chi connectivity index (χ0v) is 8.80. The molecule has 2 N–H and O–H groups in total. The van der Waals surface area contributed by atoms with E-state index in [0.717, 1.165) is 25.3 Å². The number of rotatable bonds is 2. The molecule has 0 saturated heterocycles. The van der Waals surface area contributed by atoms with Crippen molar-refractivity contribution in [3.05, 3.63) is 35.4 Å². The minimum atomic E-state index is -4.28. The van der Waals surface area contributed by atoms with Gasteiger partial charge in [-0.25, -0.2) is 0 Å². The van der Waals surface area contributed by atoms with Crippen LogP contribution in [-0.2, 0) is 6.18 Å². The van der Waals surface area contributed by atoms with Crippen LogP contribution in [-0.4, -0.2) is 0 Å². The van der Waals surface area contributed by atoms with E-state index in [2.05, 4.69) is 0 Å². The molecule has 1 atom stereocenters. The highest BCUT2D eigenvalue weighted by Gasteiger charge is 2.32. The first-order chi connectivity index (χ1) is 7.48. The third-order valence-electron chi connectivity index (χ3n) is 3.26. The van der Waals surface area contributed by atoms with Gasteiger partial charge in [-0.3, -0.25) is 0 Å². The number of hydrogen-bond acceptors (Lipinski definition) is 1. The van der Waals surface area contributed by atoms with Crippen LogP contribution in [0.15, 0.2) is 24.3 Å². The second kappa shape index (κ2) is 4.09. The Bertz CT molecular complexity index is 369. The quantitative estimate of drug-likeness (QED) is 0.825. The molecule has 0 spiro atoms. The molecule has 1 aliphatic rings. The van der Waals surface area contributed by atoms with E-state index in [1.807, 2.05) is 0 Å². The summed E-state index contributed by atoms with van der Waals surface area (Å²) in [6.07, 6.45) is -1.10. The van der Waals surface area contributed by atoms with Crippen LogP contribution in [0.2, 0.25) is 0 Å². The van der Waals surface area contributed by atoms with Gasteiger partial charge in [0.15, 0.2) is 0 Å². The highest BCUT2D eigenvalue weighted by molar-refractivity contribution is 5.28. The summed E-state index contributed by atoms with van der Waals surface area (Å²) in [6.45, 7) is 0. The zero-order chi connectivity index (χ0) is 11.8. The molecule has 4 heteroatoms. The molecule has 1 nitrogen and oxygen atoms in total. The highest BCUT2D eigenvalue weighted by atomic mass is 19.4. The van der Waals surface area contributed by atoms with Crippen molar-refractivity contribution in [1.29, 1.82) is 0 Å². The van der Waals surface area contributed by atoms with Crippen molar-refractivity contribution in [1.82, 2.24) is 0 Å². The molecule has 0 aromatic heterocycles. The number of hydrogen-bond donors (Lipinski definition) is 1. The van der Waals surface area contributed by atoms with E-state index in [-0.39, 0.29) is 6.04 Å². The van der Waals surface area contributed by atoms with E-state index in [0.29, 0.717) is 11.5 Å². The fourth-order valence-corrected chi connectivity index (χ4v) is 1.99. The summed E-state index contributed by atoms with van der Waals surface area (Å²) in [5.74, 6) is 0.350. The van der Waals surface area contributed by atoms with Gasteiger partial charge in [-0.15, -0.1) is 0 Å². The second-order valence-electron chi connectivity index (χ2n) is 4.34. The highest BCUT2D eigenvalue weighted by Crippen LogP contribution is 2.37. The van der Waals surface area contributed by atoms with Gasteiger partial charge in [0.25, 0.3) is 0 Å². The molecule has 1 aromatic rings. The van der Waals surface area contributed by atoms with Crippen molar-refractivity contribution in [2.24, 2.45) is 11.7 Å². The number of benzene rings is 1. The zero-order valence-electron chi connectivity index (χ0n) is 8.80. The summed E-state index contributed by atoms with van der Waals surface area (Å²) in [5, 5.41) is 0. The molecule has 0 heterocycles. The van der Waals surface area contributed by atoms with E-state index >= 15 is 0 Å². The van der Waals surface area contributed by atoms with Gasteiger partial charge >= 0.3 is 6.18 Å². The maximum Gasteiger partial charge on any atom is 0.416 e. The summed E-state index contributed by atoms with van der Waals surface area (Å²) < 4.78 is 37.5. The van der Waals surface area contributed by atoms with Crippen molar-refractivity contribution >= 4 is 0 Å². The molecule has 1 saturated carbocycles. The van der Waals surface area contributed by atoms with Gasteiger partial charge in [0.1, 0.15) is 0 Å². The molecule has 0 unspecified atom stereocenters. The Kier molecular flexibility index (Phi) is 2.93. The maximum atomic E-state index is 12.5. The van der Waals surface area contributed by atoms with Crippen LogP contribution in [0.4, 0.5) is 13.2 Å². The summed E-state index contributed by atoms with van der Waals surface area (Å²) in [7, 11) is 0. The Balaban J connectivity index is 2.21. The van der Waals surface area contributed by atoms with Gasteiger partial charge in [-0.1, -0.05) is 18.6 Å². The normalized spacial score (nSPS) is 19.2. The number of nitrogens with two attached hydrogens (primary N) is 1. The minimum absolute atomic E-state index is 0.254. The molecule has 1 fully saturated rings. The lowest BCUT2D eigenvalue weighted by Crippen LogP contribution is -2.27. The summed E-state index contributed by atoms with van der Waals surface area (Å²) >= 11 is 0. The predicted molar refractivity (Wildman–Crippen MR) is 55.7 cm³/mol. The molecular weight excluding hydrogens is 215 g/mol. The van der Waals surface area contributed by atoms with Crippen molar-refractivity contribution in [2.75, 3.05) is 0 Å². The van der Waals surface area contributed by atoms with Gasteiger partial charge < -0.3 is 5.73 Å². The Morgan fingerprint density at radius 3 is 2.44 bits per heavy atom. The van der Waals surface area contributed by atoms with E-state index in [4.69, 9.17) is 5.73 Å². The minimum Gasteiger partial charge on any atom is -0.324 e. The molecular formula is C12H14F3N. The Morgan fingerprint density at radius 2 is 1.94 bits per heavy atom. The first kappa shape index (κ1) is 11.5. The third kappa shape index (κ3) is 2.21. The molecule has 1 aromatic carbocycles. The van der Waals surface area contributed by atoms with Crippen LogP contribution < -0.4 is 5.73 Å². The third-order valence-corrected chi connectivity index (χ3v) is 3.26. The number of halogens is 3. The van der Waals surface area contributed by atoms with Crippen molar-refractivity contribution in [2.45, 2.75) is 31.5 Å². The van der Waals surface area contributed by atoms with Gasteiger partial charge in [0.05, 0.1) is 5.56 Å². The van der Waals surface area contributed by atoms with E-state index in [9.17, 15) is 13.2 Å². The molecule has 0 amide bonds. The number of alkyl halides is 3. The maximum absolute atomic E-state index is 12.5. The van der Waals surface area contributed by atoms with Gasteiger partial charge in [-0.05, 0) is 36.5 Å². The summed E-state index contributed by atoms with van der Waals surface area (Å²) in [6, 6.07) is 5.10. The van der Waals surface area contributed by atoms with Gasteiger partial charge in [0.2, 0.25) is 0 Å². The van der Waals surface area contributed by atoms with Crippen LogP contribution >= 0.6 is 0 Å². The topological polar surface area (TPSA) is 26.0 Å². The largest absolute Gasteiger partial charge is 0.416 e. The predicted octanol–water partition coefficient (Wildman–Crippen LogP) is 3.51. The van der Waals surface area contributed by atoms with E-state index in [1.165, 1.54) is 12.1 Å². The van der Waals surface area contributed by atoms with Crippen molar-refractivity contribution in [3.8, 4) is 0 Å². The first-order valence-corrected chi connectivity index (χ1v) is 5.41. The molecule has 16 heavy (non-hydrogen) atoms. The average Bonchev–Trinajstić information content (AvgIpc) is 2.14. The van der Waals surface area contributed by atoms with Crippen molar-refractivity contribution in [3.63, 3.8) is 0 Å². The SMILES string of the molecule is N[C@H](c1cccc(C(F)(F)F)c1)C1CCC1. The van der Waals surface area contributed by atoms with Crippen LogP contribution in [0.25, 0.3) is 0 Å². The lowest BCUT2D eigenvalue weighted by Gasteiger charge is -2.31. The average molecular weight is 229 g/mol. The Hall–Kier alpha value is -1.03. The molecule has 0 radical (unpaired) electrons. The smallest absolute Gasteiger partial charge is 0.324 e. The van der Waals surface area contributed by atoms with Crippen molar-refractivity contribution < 1.29 is 13.2 Å². The molecule has 2 rings (SSSR count). The lowest BCUT2D eigenvalue weighted by molar-refractivity contribution is -0.137. The fourth-order valence-electron chi connectivity index (χ4n) is 1.99. The monoisotopic (exact) mass is 229 g/mol. The summed E-state index contributed by atoms with van der Waals surface area (Å²) in [4.78, 5) is 0. The molecule has 88 valence electrons. The summed E-state index contributed by atoms with van der Waals surface area (Å²) in [5.41, 5.74) is 5.93. The van der Waals surface area contributed by atoms with Gasteiger partial charge in [-0.2, -0.15) is 13.2 Å². The second-order valence-corrected chi connectivity index (χ2v) is 4.34. The Morgan fingerprint density at radius 1 is 1.25 bits per heavy atom. The standard InChI is InChI=1S/C12H14F3N/c13-12(14,15)10-6-2-5-9(7-10)11(16)8-3-1-4-8/h2,5-8,11H,1,3-4,16H2/t11-/m0/s1. The van der Waals surface area contributed by atoms with Crippen LogP contribution in [0, 0.1) is 5.92 Å². The lowest BCUT2D eigenvalue weighted by atomic mass is 9.77. The fraction of sp³-hybridized carbons (Fsp3) is 0.500. The molecule has 0 bridgehead atoms. The van der Waals surface area contributed by atoms with E-state index in [1.54, 1.807) is 6.07 Å². The molecule has 0 aliphatic heterocycles. The first-order valence-electron chi connectivity index (χ1n) is 5.41. The molecule has 1 aliphatic carbocycles. The van der Waals surface area contributed by atoms with Crippen LogP contribution in [0.5, 0.6) is 0 Å². The Labute approximate surface area is 92.5 Å². The van der Waals surface area contributed by atoms with Crippen LogP contribution in [0.1, 0.15) is 36.4 Å². The van der Waals surface area contributed by atoms with Crippen LogP contribution in [0.3, 0.4) is 0 Å². The van der Waals surface area contributed by atoms with Gasteiger partial charge in [0, 0.05) is 6.04 Å².